The standard InChI is InChI=1S/C19H28O2/c1-18-9-7-13(20)11-12(18)3-4-14-15-5-6-17(21)19(15,2)10-8-16(14)18/h3,13-16,20H,4-11H2,1-2H3/t13-,14-,15?,16?,18?,19?/m0/s1. The first kappa shape index (κ1) is 14.0. The van der Waals surface area contributed by atoms with Crippen LogP contribution in [0.5, 0.6) is 0 Å². The average molecular weight is 288 g/mol. The Bertz CT molecular complexity index is 508. The second-order valence-electron chi connectivity index (χ2n) is 8.57. The minimum atomic E-state index is -0.122. The number of carbonyl (C=O) groups excluding carboxylic acids is 1. The van der Waals surface area contributed by atoms with Crippen molar-refractivity contribution in [1.82, 2.24) is 0 Å². The highest BCUT2D eigenvalue weighted by Crippen LogP contribution is 2.63. The molecule has 0 heterocycles. The maximum absolute atomic E-state index is 12.4. The first-order valence-electron chi connectivity index (χ1n) is 8.86. The van der Waals surface area contributed by atoms with E-state index in [1.807, 2.05) is 0 Å². The minimum Gasteiger partial charge on any atom is -0.393 e. The molecule has 0 amide bonds. The fourth-order valence-corrected chi connectivity index (χ4v) is 6.41. The first-order valence-corrected chi connectivity index (χ1v) is 8.86. The van der Waals surface area contributed by atoms with Crippen LogP contribution in [-0.4, -0.2) is 17.0 Å². The molecule has 3 saturated carbocycles. The number of hydrogen-bond donors (Lipinski definition) is 1. The highest BCUT2D eigenvalue weighted by Gasteiger charge is 2.58. The van der Waals surface area contributed by atoms with E-state index in [2.05, 4.69) is 19.9 Å². The summed E-state index contributed by atoms with van der Waals surface area (Å²) in [5.41, 5.74) is 1.81. The van der Waals surface area contributed by atoms with E-state index in [4.69, 9.17) is 0 Å². The van der Waals surface area contributed by atoms with E-state index in [-0.39, 0.29) is 11.5 Å². The van der Waals surface area contributed by atoms with Gasteiger partial charge in [0.15, 0.2) is 0 Å². The molecule has 1 N–H and O–H groups in total. The van der Waals surface area contributed by atoms with E-state index >= 15 is 0 Å². The molecule has 0 bridgehead atoms. The van der Waals surface area contributed by atoms with Gasteiger partial charge in [0, 0.05) is 11.8 Å². The molecule has 2 heteroatoms. The van der Waals surface area contributed by atoms with Crippen molar-refractivity contribution in [3.8, 4) is 0 Å². The zero-order chi connectivity index (χ0) is 14.8. The van der Waals surface area contributed by atoms with Crippen molar-refractivity contribution in [3.63, 3.8) is 0 Å². The number of allylic oxidation sites excluding steroid dienone is 1. The summed E-state index contributed by atoms with van der Waals surface area (Å²) in [7, 11) is 0. The maximum Gasteiger partial charge on any atom is 0.139 e. The summed E-state index contributed by atoms with van der Waals surface area (Å²) in [4.78, 5) is 12.4. The fourth-order valence-electron chi connectivity index (χ4n) is 6.41. The van der Waals surface area contributed by atoms with Crippen LogP contribution in [0.1, 0.15) is 65.2 Å². The Hall–Kier alpha value is -0.630. The molecule has 6 atom stereocenters. The molecule has 4 rings (SSSR count). The van der Waals surface area contributed by atoms with Crippen molar-refractivity contribution < 1.29 is 9.90 Å². The van der Waals surface area contributed by atoms with Gasteiger partial charge < -0.3 is 5.11 Å². The number of rotatable bonds is 0. The molecule has 4 aliphatic rings. The van der Waals surface area contributed by atoms with Crippen LogP contribution >= 0.6 is 0 Å². The first-order chi connectivity index (χ1) is 9.95. The van der Waals surface area contributed by atoms with Gasteiger partial charge in [0.25, 0.3) is 0 Å². The lowest BCUT2D eigenvalue weighted by Crippen LogP contribution is -2.50. The third-order valence-corrected chi connectivity index (χ3v) is 7.79. The summed E-state index contributed by atoms with van der Waals surface area (Å²) in [6.45, 7) is 4.69. The number of carbonyl (C=O) groups is 1. The van der Waals surface area contributed by atoms with Crippen molar-refractivity contribution in [3.05, 3.63) is 11.6 Å². The third-order valence-electron chi connectivity index (χ3n) is 7.79. The summed E-state index contributed by atoms with van der Waals surface area (Å²) in [5, 5.41) is 10.00. The summed E-state index contributed by atoms with van der Waals surface area (Å²) < 4.78 is 0. The number of hydrogen-bond acceptors (Lipinski definition) is 2. The van der Waals surface area contributed by atoms with E-state index < -0.39 is 0 Å². The zero-order valence-corrected chi connectivity index (χ0v) is 13.4. The summed E-state index contributed by atoms with van der Waals surface area (Å²) >= 11 is 0. The summed E-state index contributed by atoms with van der Waals surface area (Å²) in [6.07, 6.45) is 10.7. The van der Waals surface area contributed by atoms with E-state index in [0.29, 0.717) is 23.0 Å². The van der Waals surface area contributed by atoms with E-state index in [1.165, 1.54) is 12.0 Å². The van der Waals surface area contributed by atoms with Gasteiger partial charge in [-0.2, -0.15) is 0 Å². The summed E-state index contributed by atoms with van der Waals surface area (Å²) in [5.74, 6) is 2.60. The molecule has 0 aliphatic heterocycles. The molecular formula is C19H28O2. The smallest absolute Gasteiger partial charge is 0.139 e. The average Bonchev–Trinajstić information content (AvgIpc) is 2.76. The predicted octanol–water partition coefficient (Wildman–Crippen LogP) is 3.88. The van der Waals surface area contributed by atoms with Gasteiger partial charge in [-0.1, -0.05) is 25.5 Å². The molecule has 0 aromatic heterocycles. The lowest BCUT2D eigenvalue weighted by Gasteiger charge is -2.56. The largest absolute Gasteiger partial charge is 0.393 e. The zero-order valence-electron chi connectivity index (χ0n) is 13.4. The van der Waals surface area contributed by atoms with Crippen LogP contribution in [-0.2, 0) is 4.79 Å². The second kappa shape index (κ2) is 4.44. The van der Waals surface area contributed by atoms with Crippen LogP contribution in [0.4, 0.5) is 0 Å². The second-order valence-corrected chi connectivity index (χ2v) is 8.57. The summed E-state index contributed by atoms with van der Waals surface area (Å²) in [6, 6.07) is 0. The lowest BCUT2D eigenvalue weighted by molar-refractivity contribution is -0.132. The van der Waals surface area contributed by atoms with Crippen LogP contribution < -0.4 is 0 Å². The normalized spacial score (nSPS) is 52.7. The SMILES string of the molecule is CC12CCC3[C@@H](CC=C4C[C@@H](O)CCC43C)C1CCC2=O. The van der Waals surface area contributed by atoms with Gasteiger partial charge in [-0.05, 0) is 68.1 Å². The predicted molar refractivity (Wildman–Crippen MR) is 82.7 cm³/mol. The van der Waals surface area contributed by atoms with Crippen molar-refractivity contribution in [2.75, 3.05) is 0 Å². The van der Waals surface area contributed by atoms with Crippen LogP contribution in [0, 0.1) is 28.6 Å². The van der Waals surface area contributed by atoms with Gasteiger partial charge in [-0.15, -0.1) is 0 Å². The Morgan fingerprint density at radius 3 is 2.62 bits per heavy atom. The number of Topliss-reactive ketones (excluding diaryl/α,β-unsaturated/α-hetero) is 1. The molecule has 0 aromatic rings. The Morgan fingerprint density at radius 2 is 1.81 bits per heavy atom. The number of fused-ring (bicyclic) bond motifs is 5. The van der Waals surface area contributed by atoms with E-state index in [9.17, 15) is 9.90 Å². The minimum absolute atomic E-state index is 0.0168. The quantitative estimate of drug-likeness (QED) is 0.687. The number of aliphatic hydroxyl groups is 1. The van der Waals surface area contributed by atoms with Crippen molar-refractivity contribution in [2.24, 2.45) is 28.6 Å². The number of aliphatic hydroxyl groups excluding tert-OH is 1. The molecule has 0 aromatic carbocycles. The monoisotopic (exact) mass is 288 g/mol. The molecular weight excluding hydrogens is 260 g/mol. The van der Waals surface area contributed by atoms with Crippen molar-refractivity contribution in [1.29, 1.82) is 0 Å². The molecule has 21 heavy (non-hydrogen) atoms. The van der Waals surface area contributed by atoms with Gasteiger partial charge in [0.1, 0.15) is 5.78 Å². The number of ketones is 1. The van der Waals surface area contributed by atoms with Crippen LogP contribution in [0.3, 0.4) is 0 Å². The van der Waals surface area contributed by atoms with E-state index in [1.54, 1.807) is 0 Å². The molecule has 0 spiro atoms. The molecule has 4 aliphatic carbocycles. The van der Waals surface area contributed by atoms with Crippen molar-refractivity contribution >= 4 is 5.78 Å². The lowest BCUT2D eigenvalue weighted by atomic mass is 9.48. The van der Waals surface area contributed by atoms with Crippen molar-refractivity contribution in [2.45, 2.75) is 71.3 Å². The highest BCUT2D eigenvalue weighted by atomic mass is 16.3. The van der Waals surface area contributed by atoms with Crippen LogP contribution in [0.15, 0.2) is 11.6 Å². The van der Waals surface area contributed by atoms with Gasteiger partial charge in [0.2, 0.25) is 0 Å². The fraction of sp³-hybridized carbons (Fsp3) is 0.842. The molecule has 4 unspecified atom stereocenters. The topological polar surface area (TPSA) is 37.3 Å². The molecule has 0 radical (unpaired) electrons. The van der Waals surface area contributed by atoms with Gasteiger partial charge in [-0.25, -0.2) is 0 Å². The third kappa shape index (κ3) is 1.78. The Balaban J connectivity index is 1.69. The Kier molecular flexibility index (Phi) is 2.96. The highest BCUT2D eigenvalue weighted by molar-refractivity contribution is 5.87. The molecule has 0 saturated heterocycles. The van der Waals surface area contributed by atoms with Gasteiger partial charge >= 0.3 is 0 Å². The van der Waals surface area contributed by atoms with Crippen LogP contribution in [0.2, 0.25) is 0 Å². The Morgan fingerprint density at radius 1 is 1.10 bits per heavy atom. The van der Waals surface area contributed by atoms with Gasteiger partial charge in [0.05, 0.1) is 6.10 Å². The molecule has 116 valence electrons. The molecule has 3 fully saturated rings. The van der Waals surface area contributed by atoms with E-state index in [0.717, 1.165) is 50.9 Å². The molecule has 2 nitrogen and oxygen atoms in total. The van der Waals surface area contributed by atoms with Crippen LogP contribution in [0.25, 0.3) is 0 Å². The maximum atomic E-state index is 12.4. The Labute approximate surface area is 128 Å². The van der Waals surface area contributed by atoms with Gasteiger partial charge in [-0.3, -0.25) is 4.79 Å².